The molecule has 8 nitrogen and oxygen atoms in total. The number of nitrogens with zero attached hydrogens (tertiary/aromatic N) is 4. The van der Waals surface area contributed by atoms with Crippen molar-refractivity contribution in [1.29, 1.82) is 0 Å². The second kappa shape index (κ2) is 9.02. The molecule has 32 heavy (non-hydrogen) atoms. The molecular weight excluding hydrogens is 413 g/mol. The molecule has 1 aromatic heterocycles. The lowest BCUT2D eigenvalue weighted by Crippen LogP contribution is -2.38. The summed E-state index contributed by atoms with van der Waals surface area (Å²) in [5.41, 5.74) is 2.13. The van der Waals surface area contributed by atoms with E-state index in [4.69, 9.17) is 4.98 Å². The van der Waals surface area contributed by atoms with Gasteiger partial charge in [-0.15, -0.1) is 0 Å². The Balaban J connectivity index is 1.49. The Morgan fingerprint density at radius 3 is 2.78 bits per heavy atom. The molecule has 0 bridgehead atoms. The number of hydrogen-bond acceptors (Lipinski definition) is 5. The Kier molecular flexibility index (Phi) is 6.16. The molecule has 1 N–H and O–H groups in total. The third kappa shape index (κ3) is 4.46. The highest BCUT2D eigenvalue weighted by atomic mass is 19.1. The molecule has 1 saturated heterocycles. The van der Waals surface area contributed by atoms with Gasteiger partial charge in [0.25, 0.3) is 0 Å². The van der Waals surface area contributed by atoms with Gasteiger partial charge in [-0.1, -0.05) is 18.2 Å². The van der Waals surface area contributed by atoms with Crippen molar-refractivity contribution >= 4 is 23.5 Å². The van der Waals surface area contributed by atoms with E-state index in [-0.39, 0.29) is 42.4 Å². The molecule has 0 aliphatic carbocycles. The van der Waals surface area contributed by atoms with Gasteiger partial charge in [-0.3, -0.25) is 19.3 Å². The molecule has 2 aromatic rings. The van der Waals surface area contributed by atoms with Crippen LogP contribution >= 0.6 is 0 Å². The Morgan fingerprint density at radius 1 is 1.25 bits per heavy atom. The van der Waals surface area contributed by atoms with Crippen molar-refractivity contribution in [3.63, 3.8) is 0 Å². The van der Waals surface area contributed by atoms with Crippen LogP contribution in [0, 0.1) is 12.7 Å². The quantitative estimate of drug-likeness (QED) is 0.736. The minimum atomic E-state index is -0.283. The van der Waals surface area contributed by atoms with E-state index >= 15 is 0 Å². The molecule has 0 unspecified atom stereocenters. The minimum Gasteiger partial charge on any atom is -0.347 e. The van der Waals surface area contributed by atoms with Gasteiger partial charge in [-0.05, 0) is 31.4 Å². The molecule has 9 heteroatoms. The third-order valence-electron chi connectivity index (χ3n) is 6.05. The summed E-state index contributed by atoms with van der Waals surface area (Å²) in [6, 6.07) is 6.56. The monoisotopic (exact) mass is 439 g/mol. The Morgan fingerprint density at radius 2 is 2.03 bits per heavy atom. The number of carbonyl (C=O) groups is 3. The Labute approximate surface area is 185 Å². The fourth-order valence-electron chi connectivity index (χ4n) is 4.25. The maximum atomic E-state index is 14.0. The number of aromatic nitrogens is 2. The topological polar surface area (TPSA) is 95.5 Å². The average molecular weight is 439 g/mol. The molecule has 2 aliphatic rings. The molecule has 3 heterocycles. The van der Waals surface area contributed by atoms with Gasteiger partial charge < -0.3 is 10.2 Å². The molecule has 1 atom stereocenters. The second-order valence-corrected chi connectivity index (χ2v) is 8.27. The first kappa shape index (κ1) is 21.9. The van der Waals surface area contributed by atoms with E-state index in [1.54, 1.807) is 28.0 Å². The van der Waals surface area contributed by atoms with Crippen LogP contribution in [0.2, 0.25) is 0 Å². The van der Waals surface area contributed by atoms with E-state index < -0.39 is 0 Å². The van der Waals surface area contributed by atoms with E-state index in [1.165, 1.54) is 13.0 Å². The van der Waals surface area contributed by atoms with E-state index in [0.717, 1.165) is 11.3 Å². The number of likely N-dealkylation sites (tertiary alicyclic amines) is 1. The van der Waals surface area contributed by atoms with Crippen LogP contribution in [0.4, 0.5) is 10.2 Å². The predicted octanol–water partition coefficient (Wildman–Crippen LogP) is 1.51. The molecule has 2 aliphatic heterocycles. The van der Waals surface area contributed by atoms with Gasteiger partial charge in [0.2, 0.25) is 17.7 Å². The van der Waals surface area contributed by atoms with E-state index in [9.17, 15) is 18.8 Å². The zero-order chi connectivity index (χ0) is 22.8. The molecule has 0 saturated carbocycles. The summed E-state index contributed by atoms with van der Waals surface area (Å²) in [6.07, 6.45) is 1.35. The van der Waals surface area contributed by atoms with Gasteiger partial charge >= 0.3 is 0 Å². The van der Waals surface area contributed by atoms with Crippen LogP contribution in [0.15, 0.2) is 24.3 Å². The number of fused-ring (bicyclic) bond motifs is 1. The predicted molar refractivity (Wildman–Crippen MR) is 116 cm³/mol. The zero-order valence-electron chi connectivity index (χ0n) is 18.2. The van der Waals surface area contributed by atoms with Crippen LogP contribution in [0.25, 0.3) is 0 Å². The van der Waals surface area contributed by atoms with Gasteiger partial charge in [0.05, 0.1) is 13.0 Å². The highest BCUT2D eigenvalue weighted by Gasteiger charge is 2.34. The Bertz CT molecular complexity index is 1070. The highest BCUT2D eigenvalue weighted by Crippen LogP contribution is 2.33. The number of anilines is 1. The fraction of sp³-hybridized carbons (Fsp3) is 0.435. The molecule has 0 spiro atoms. The SMILES string of the molecule is CC(=O)NCC(=O)N1CC[C@@H](c2nc(C)c3c(n2)N(CCc2ccccc2F)C(=O)C3)C1. The second-order valence-electron chi connectivity index (χ2n) is 8.27. The van der Waals surface area contributed by atoms with Crippen molar-refractivity contribution in [2.75, 3.05) is 31.1 Å². The van der Waals surface area contributed by atoms with Crippen LogP contribution < -0.4 is 10.2 Å². The third-order valence-corrected chi connectivity index (χ3v) is 6.05. The van der Waals surface area contributed by atoms with Crippen molar-refractivity contribution in [2.45, 2.75) is 39.0 Å². The van der Waals surface area contributed by atoms with Crippen LogP contribution in [-0.2, 0) is 27.2 Å². The van der Waals surface area contributed by atoms with Gasteiger partial charge in [-0.2, -0.15) is 0 Å². The molecule has 0 radical (unpaired) electrons. The molecule has 1 aromatic carbocycles. The van der Waals surface area contributed by atoms with Gasteiger partial charge in [0.15, 0.2) is 0 Å². The first-order valence-electron chi connectivity index (χ1n) is 10.8. The normalized spacial score (nSPS) is 17.6. The van der Waals surface area contributed by atoms with Crippen LogP contribution in [0.5, 0.6) is 0 Å². The maximum absolute atomic E-state index is 14.0. The van der Waals surface area contributed by atoms with Crippen LogP contribution in [0.1, 0.15) is 41.9 Å². The lowest BCUT2D eigenvalue weighted by atomic mass is 10.1. The van der Waals surface area contributed by atoms with Gasteiger partial charge in [0.1, 0.15) is 17.5 Å². The smallest absolute Gasteiger partial charge is 0.241 e. The van der Waals surface area contributed by atoms with Crippen molar-refractivity contribution in [3.05, 3.63) is 52.7 Å². The summed E-state index contributed by atoms with van der Waals surface area (Å²) in [5, 5.41) is 2.53. The van der Waals surface area contributed by atoms with Gasteiger partial charge in [0, 0.05) is 43.7 Å². The lowest BCUT2D eigenvalue weighted by molar-refractivity contribution is -0.131. The van der Waals surface area contributed by atoms with E-state index in [2.05, 4.69) is 10.3 Å². The maximum Gasteiger partial charge on any atom is 0.241 e. The summed E-state index contributed by atoms with van der Waals surface area (Å²) < 4.78 is 14.0. The van der Waals surface area contributed by atoms with Crippen molar-refractivity contribution < 1.29 is 18.8 Å². The summed E-state index contributed by atoms with van der Waals surface area (Å²) in [7, 11) is 0. The van der Waals surface area contributed by atoms with Crippen molar-refractivity contribution in [2.24, 2.45) is 0 Å². The summed E-state index contributed by atoms with van der Waals surface area (Å²) in [5.74, 6) is 0.440. The van der Waals surface area contributed by atoms with E-state index in [0.29, 0.717) is 49.7 Å². The molecular formula is C23H26FN5O3. The summed E-state index contributed by atoms with van der Waals surface area (Å²) in [6.45, 7) is 4.60. The van der Waals surface area contributed by atoms with Crippen LogP contribution in [0.3, 0.4) is 0 Å². The average Bonchev–Trinajstić information content (AvgIpc) is 3.37. The van der Waals surface area contributed by atoms with Crippen LogP contribution in [-0.4, -0.2) is 58.8 Å². The zero-order valence-corrected chi connectivity index (χ0v) is 18.2. The Hall–Kier alpha value is -3.36. The molecule has 1 fully saturated rings. The minimum absolute atomic E-state index is 0.0234. The number of carbonyl (C=O) groups excluding carboxylic acids is 3. The number of benzene rings is 1. The first-order valence-corrected chi connectivity index (χ1v) is 10.8. The fourth-order valence-corrected chi connectivity index (χ4v) is 4.25. The highest BCUT2D eigenvalue weighted by molar-refractivity contribution is 6.00. The number of amides is 3. The number of halogens is 1. The lowest BCUT2D eigenvalue weighted by Gasteiger charge is -2.19. The molecule has 168 valence electrons. The number of rotatable bonds is 6. The van der Waals surface area contributed by atoms with E-state index in [1.807, 2.05) is 6.92 Å². The standard InChI is InChI=1S/C23H26FN5O3/c1-14-18-11-20(31)29(10-8-16-5-3-4-6-19(16)24)23(18)27-22(26-14)17-7-9-28(13-17)21(32)12-25-15(2)30/h3-6,17H,7-13H2,1-2H3,(H,25,30)/t17-/m1/s1. The number of hydrogen-bond donors (Lipinski definition) is 1. The largest absolute Gasteiger partial charge is 0.347 e. The van der Waals surface area contributed by atoms with Crippen molar-refractivity contribution in [1.82, 2.24) is 20.2 Å². The first-order chi connectivity index (χ1) is 15.3. The molecule has 4 rings (SSSR count). The van der Waals surface area contributed by atoms with Crippen molar-refractivity contribution in [3.8, 4) is 0 Å². The molecule has 3 amide bonds. The summed E-state index contributed by atoms with van der Waals surface area (Å²) >= 11 is 0. The number of nitrogens with one attached hydrogen (secondary N) is 1. The number of aryl methyl sites for hydroxylation is 1. The van der Waals surface area contributed by atoms with Gasteiger partial charge in [-0.25, -0.2) is 14.4 Å². The summed E-state index contributed by atoms with van der Waals surface area (Å²) in [4.78, 5) is 48.7.